The minimum absolute atomic E-state index is 0.616. The van der Waals surface area contributed by atoms with Crippen LogP contribution in [0.2, 0.25) is 0 Å². The van der Waals surface area contributed by atoms with Gasteiger partial charge in [0.05, 0.1) is 0 Å². The molecular weight excluding hydrogens is 254 g/mol. The van der Waals surface area contributed by atoms with Gasteiger partial charge in [0.2, 0.25) is 0 Å². The van der Waals surface area contributed by atoms with Crippen molar-refractivity contribution in [3.63, 3.8) is 0 Å². The average molecular weight is 294 g/mol. The van der Waals surface area contributed by atoms with E-state index in [0.29, 0.717) is 5.41 Å². The molecule has 2 aliphatic rings. The van der Waals surface area contributed by atoms with Crippen molar-refractivity contribution in [2.75, 3.05) is 6.54 Å². The van der Waals surface area contributed by atoms with Crippen LogP contribution >= 0.6 is 0 Å². The van der Waals surface area contributed by atoms with E-state index in [4.69, 9.17) is 0 Å². The van der Waals surface area contributed by atoms with Gasteiger partial charge in [0.15, 0.2) is 0 Å². The van der Waals surface area contributed by atoms with E-state index in [1.807, 2.05) is 0 Å². The first kappa shape index (κ1) is 17.3. The summed E-state index contributed by atoms with van der Waals surface area (Å²) in [5.74, 6) is 2.74. The van der Waals surface area contributed by atoms with Crippen molar-refractivity contribution < 1.29 is 0 Å². The van der Waals surface area contributed by atoms with E-state index < -0.39 is 0 Å². The van der Waals surface area contributed by atoms with Gasteiger partial charge < -0.3 is 5.32 Å². The maximum Gasteiger partial charge on any atom is 0.0152 e. The van der Waals surface area contributed by atoms with Crippen LogP contribution in [-0.4, -0.2) is 12.6 Å². The SMILES string of the molecule is CCCNC(C1CCCC(C)C1)C1(CC(C)C)CCCC1. The van der Waals surface area contributed by atoms with E-state index in [9.17, 15) is 0 Å². The Bertz CT molecular complexity index is 290. The lowest BCUT2D eigenvalue weighted by Gasteiger charge is -2.46. The van der Waals surface area contributed by atoms with E-state index in [-0.39, 0.29) is 0 Å². The summed E-state index contributed by atoms with van der Waals surface area (Å²) in [6.07, 6.45) is 14.5. The first-order chi connectivity index (χ1) is 10.1. The standard InChI is InChI=1S/C20H39N/c1-5-13-21-19(18-10-8-9-17(4)14-18)20(15-16(2)3)11-6-7-12-20/h16-19,21H,5-15H2,1-4H3. The van der Waals surface area contributed by atoms with E-state index in [2.05, 4.69) is 33.0 Å². The molecule has 0 amide bonds. The summed E-state index contributed by atoms with van der Waals surface area (Å²) >= 11 is 0. The highest BCUT2D eigenvalue weighted by Gasteiger charge is 2.45. The van der Waals surface area contributed by atoms with Crippen molar-refractivity contribution in [1.29, 1.82) is 0 Å². The molecule has 0 aromatic carbocycles. The van der Waals surface area contributed by atoms with Crippen LogP contribution in [0.4, 0.5) is 0 Å². The van der Waals surface area contributed by atoms with E-state index in [0.717, 1.165) is 23.8 Å². The van der Waals surface area contributed by atoms with Gasteiger partial charge in [-0.15, -0.1) is 0 Å². The van der Waals surface area contributed by atoms with Gasteiger partial charge in [0, 0.05) is 6.04 Å². The highest BCUT2D eigenvalue weighted by molar-refractivity contribution is 4.99. The lowest BCUT2D eigenvalue weighted by Crippen LogP contribution is -2.50. The second-order valence-electron chi connectivity index (χ2n) is 8.63. The molecule has 1 nitrogen and oxygen atoms in total. The molecule has 0 heterocycles. The zero-order valence-electron chi connectivity index (χ0n) is 15.1. The Hall–Kier alpha value is -0.0400. The lowest BCUT2D eigenvalue weighted by molar-refractivity contribution is 0.0805. The molecule has 1 N–H and O–H groups in total. The molecule has 0 aromatic heterocycles. The van der Waals surface area contributed by atoms with Crippen molar-refractivity contribution in [1.82, 2.24) is 5.32 Å². The fourth-order valence-corrected chi connectivity index (χ4v) is 5.50. The molecule has 0 saturated heterocycles. The normalized spacial score (nSPS) is 30.7. The first-order valence-corrected chi connectivity index (χ1v) is 9.81. The van der Waals surface area contributed by atoms with Crippen LogP contribution in [0.3, 0.4) is 0 Å². The van der Waals surface area contributed by atoms with Gasteiger partial charge in [0.1, 0.15) is 0 Å². The summed E-state index contributed by atoms with van der Waals surface area (Å²) in [7, 11) is 0. The smallest absolute Gasteiger partial charge is 0.0152 e. The van der Waals surface area contributed by atoms with Gasteiger partial charge in [-0.25, -0.2) is 0 Å². The van der Waals surface area contributed by atoms with Crippen LogP contribution in [-0.2, 0) is 0 Å². The molecule has 2 fully saturated rings. The van der Waals surface area contributed by atoms with Crippen molar-refractivity contribution >= 4 is 0 Å². The van der Waals surface area contributed by atoms with Crippen LogP contribution in [0.5, 0.6) is 0 Å². The van der Waals surface area contributed by atoms with Crippen LogP contribution in [0, 0.1) is 23.2 Å². The molecule has 2 rings (SSSR count). The van der Waals surface area contributed by atoms with Crippen LogP contribution < -0.4 is 5.32 Å². The minimum atomic E-state index is 0.616. The van der Waals surface area contributed by atoms with Crippen molar-refractivity contribution in [2.24, 2.45) is 23.2 Å². The Morgan fingerprint density at radius 2 is 1.81 bits per heavy atom. The molecule has 0 aromatic rings. The summed E-state index contributed by atoms with van der Waals surface area (Å²) in [5, 5.41) is 4.05. The van der Waals surface area contributed by atoms with Crippen molar-refractivity contribution in [3.8, 4) is 0 Å². The summed E-state index contributed by atoms with van der Waals surface area (Å²) in [6, 6.07) is 0.796. The predicted octanol–water partition coefficient (Wildman–Crippen LogP) is 5.79. The monoisotopic (exact) mass is 293 g/mol. The first-order valence-electron chi connectivity index (χ1n) is 9.81. The highest BCUT2D eigenvalue weighted by Crippen LogP contribution is 2.50. The fourth-order valence-electron chi connectivity index (χ4n) is 5.50. The Labute approximate surface area is 133 Å². The van der Waals surface area contributed by atoms with Gasteiger partial charge in [0.25, 0.3) is 0 Å². The number of hydrogen-bond acceptors (Lipinski definition) is 1. The van der Waals surface area contributed by atoms with Crippen molar-refractivity contribution in [3.05, 3.63) is 0 Å². The maximum absolute atomic E-state index is 4.05. The molecule has 3 atom stereocenters. The van der Waals surface area contributed by atoms with Crippen LogP contribution in [0.1, 0.15) is 91.9 Å². The molecule has 2 saturated carbocycles. The average Bonchev–Trinajstić information content (AvgIpc) is 2.87. The lowest BCUT2D eigenvalue weighted by atomic mass is 9.64. The van der Waals surface area contributed by atoms with Gasteiger partial charge in [-0.05, 0) is 68.2 Å². The number of nitrogens with one attached hydrogen (secondary N) is 1. The fraction of sp³-hybridized carbons (Fsp3) is 1.00. The van der Waals surface area contributed by atoms with E-state index >= 15 is 0 Å². The quantitative estimate of drug-likeness (QED) is 0.626. The zero-order valence-corrected chi connectivity index (χ0v) is 15.1. The molecule has 0 aliphatic heterocycles. The summed E-state index contributed by atoms with van der Waals surface area (Å²) in [5.41, 5.74) is 0.616. The third-order valence-corrected chi connectivity index (χ3v) is 6.14. The molecule has 0 bridgehead atoms. The largest absolute Gasteiger partial charge is 0.313 e. The zero-order chi connectivity index (χ0) is 15.3. The van der Waals surface area contributed by atoms with Crippen LogP contribution in [0.25, 0.3) is 0 Å². The molecule has 1 heteroatoms. The Morgan fingerprint density at radius 1 is 1.10 bits per heavy atom. The minimum Gasteiger partial charge on any atom is -0.313 e. The third-order valence-electron chi connectivity index (χ3n) is 6.14. The van der Waals surface area contributed by atoms with E-state index in [1.165, 1.54) is 70.8 Å². The molecule has 0 spiro atoms. The summed E-state index contributed by atoms with van der Waals surface area (Å²) in [4.78, 5) is 0. The maximum atomic E-state index is 4.05. The van der Waals surface area contributed by atoms with E-state index in [1.54, 1.807) is 0 Å². The third kappa shape index (κ3) is 4.47. The number of rotatable bonds is 7. The van der Waals surface area contributed by atoms with Gasteiger partial charge >= 0.3 is 0 Å². The molecule has 0 radical (unpaired) electrons. The van der Waals surface area contributed by atoms with Crippen LogP contribution in [0.15, 0.2) is 0 Å². The summed E-state index contributed by atoms with van der Waals surface area (Å²) < 4.78 is 0. The Morgan fingerprint density at radius 3 is 2.38 bits per heavy atom. The second kappa shape index (κ2) is 7.99. The van der Waals surface area contributed by atoms with Gasteiger partial charge in [-0.1, -0.05) is 53.4 Å². The summed E-state index contributed by atoms with van der Waals surface area (Å²) in [6.45, 7) is 10.9. The Kier molecular flexibility index (Phi) is 6.59. The molecule has 3 unspecified atom stereocenters. The Balaban J connectivity index is 2.15. The van der Waals surface area contributed by atoms with Gasteiger partial charge in [-0.3, -0.25) is 0 Å². The van der Waals surface area contributed by atoms with Gasteiger partial charge in [-0.2, -0.15) is 0 Å². The predicted molar refractivity (Wildman–Crippen MR) is 93.6 cm³/mol. The van der Waals surface area contributed by atoms with Crippen molar-refractivity contribution in [2.45, 2.75) is 97.9 Å². The molecular formula is C20H39N. The topological polar surface area (TPSA) is 12.0 Å². The molecule has 124 valence electrons. The second-order valence-corrected chi connectivity index (χ2v) is 8.63. The molecule has 2 aliphatic carbocycles. The molecule has 21 heavy (non-hydrogen) atoms. The highest BCUT2D eigenvalue weighted by atomic mass is 14.9. The number of hydrogen-bond donors (Lipinski definition) is 1.